The molecule has 1 heterocycles. The topological polar surface area (TPSA) is 35.6 Å². The van der Waals surface area contributed by atoms with Crippen LogP contribution in [0.15, 0.2) is 24.3 Å². The van der Waals surface area contributed by atoms with E-state index in [9.17, 15) is 4.79 Å². The Bertz CT molecular complexity index is 489. The summed E-state index contributed by atoms with van der Waals surface area (Å²) >= 11 is 0. The molecule has 2 aliphatic rings. The van der Waals surface area contributed by atoms with Crippen LogP contribution in [0.4, 0.5) is 10.5 Å². The molecule has 2 fully saturated rings. The zero-order valence-electron chi connectivity index (χ0n) is 12.8. The number of anilines is 1. The van der Waals surface area contributed by atoms with Gasteiger partial charge in [0.15, 0.2) is 0 Å². The summed E-state index contributed by atoms with van der Waals surface area (Å²) in [6.07, 6.45) is 4.81. The van der Waals surface area contributed by atoms with Gasteiger partial charge in [-0.15, -0.1) is 0 Å². The molecule has 1 aromatic carbocycles. The Morgan fingerprint density at radius 3 is 2.43 bits per heavy atom. The van der Waals surface area contributed by atoms with E-state index in [0.717, 1.165) is 39.0 Å². The molecule has 0 aromatic heterocycles. The second-order valence-electron chi connectivity index (χ2n) is 6.19. The molecule has 0 radical (unpaired) electrons. The van der Waals surface area contributed by atoms with Gasteiger partial charge >= 0.3 is 6.03 Å². The standard InChI is InChI=1S/C17H25N3O/c1-14-6-2-5-9-16(14)19-10-12-20(13-11-19)17(21)18-15-7-3-4-8-15/h2,5-6,9,15H,3-4,7-8,10-13H2,1H3,(H,18,21). The minimum Gasteiger partial charge on any atom is -0.368 e. The molecule has 2 amide bonds. The molecule has 0 bridgehead atoms. The maximum Gasteiger partial charge on any atom is 0.317 e. The Balaban J connectivity index is 1.52. The number of para-hydroxylation sites is 1. The molecule has 21 heavy (non-hydrogen) atoms. The number of hydrogen-bond donors (Lipinski definition) is 1. The molecule has 1 saturated heterocycles. The molecule has 1 aliphatic carbocycles. The fourth-order valence-electron chi connectivity index (χ4n) is 3.40. The van der Waals surface area contributed by atoms with Crippen LogP contribution in [0.1, 0.15) is 31.2 Å². The molecular weight excluding hydrogens is 262 g/mol. The van der Waals surface area contributed by atoms with Gasteiger partial charge in [0, 0.05) is 37.9 Å². The smallest absolute Gasteiger partial charge is 0.317 e. The van der Waals surface area contributed by atoms with Crippen molar-refractivity contribution < 1.29 is 4.79 Å². The molecule has 1 aliphatic heterocycles. The SMILES string of the molecule is Cc1ccccc1N1CCN(C(=O)NC2CCCC2)CC1. The normalized spacial score (nSPS) is 19.9. The molecule has 1 saturated carbocycles. The van der Waals surface area contributed by atoms with Crippen LogP contribution < -0.4 is 10.2 Å². The number of rotatable bonds is 2. The second-order valence-corrected chi connectivity index (χ2v) is 6.19. The third-order valence-corrected chi connectivity index (χ3v) is 4.71. The van der Waals surface area contributed by atoms with Crippen molar-refractivity contribution in [3.63, 3.8) is 0 Å². The number of nitrogens with zero attached hydrogens (tertiary/aromatic N) is 2. The van der Waals surface area contributed by atoms with Gasteiger partial charge in [0.2, 0.25) is 0 Å². The van der Waals surface area contributed by atoms with Crippen molar-refractivity contribution >= 4 is 11.7 Å². The van der Waals surface area contributed by atoms with Crippen molar-refractivity contribution in [2.45, 2.75) is 38.6 Å². The molecule has 1 aromatic rings. The lowest BCUT2D eigenvalue weighted by atomic mass is 10.1. The Morgan fingerprint density at radius 2 is 1.76 bits per heavy atom. The number of aryl methyl sites for hydroxylation is 1. The van der Waals surface area contributed by atoms with Crippen LogP contribution in [0.2, 0.25) is 0 Å². The van der Waals surface area contributed by atoms with E-state index in [2.05, 4.69) is 41.4 Å². The highest BCUT2D eigenvalue weighted by molar-refractivity contribution is 5.75. The second kappa shape index (κ2) is 6.37. The van der Waals surface area contributed by atoms with E-state index >= 15 is 0 Å². The van der Waals surface area contributed by atoms with Crippen LogP contribution in [-0.4, -0.2) is 43.2 Å². The number of benzene rings is 1. The van der Waals surface area contributed by atoms with Gasteiger partial charge in [0.25, 0.3) is 0 Å². The number of amides is 2. The van der Waals surface area contributed by atoms with Gasteiger partial charge in [-0.25, -0.2) is 4.79 Å². The monoisotopic (exact) mass is 287 g/mol. The van der Waals surface area contributed by atoms with Crippen molar-refractivity contribution in [1.82, 2.24) is 10.2 Å². The maximum atomic E-state index is 12.3. The number of piperazine rings is 1. The molecule has 1 N–H and O–H groups in total. The summed E-state index contributed by atoms with van der Waals surface area (Å²) in [5, 5.41) is 3.18. The zero-order chi connectivity index (χ0) is 14.7. The van der Waals surface area contributed by atoms with Gasteiger partial charge in [-0.3, -0.25) is 0 Å². The third kappa shape index (κ3) is 3.31. The molecule has 0 atom stereocenters. The van der Waals surface area contributed by atoms with Gasteiger partial charge in [0.05, 0.1) is 0 Å². The number of nitrogens with one attached hydrogen (secondary N) is 1. The van der Waals surface area contributed by atoms with E-state index in [-0.39, 0.29) is 6.03 Å². The third-order valence-electron chi connectivity index (χ3n) is 4.71. The number of urea groups is 1. The summed E-state index contributed by atoms with van der Waals surface area (Å²) in [7, 11) is 0. The average Bonchev–Trinajstić information content (AvgIpc) is 3.01. The predicted octanol–water partition coefficient (Wildman–Crippen LogP) is 2.77. The first-order valence-corrected chi connectivity index (χ1v) is 8.10. The molecule has 4 nitrogen and oxygen atoms in total. The van der Waals surface area contributed by atoms with Gasteiger partial charge in [-0.1, -0.05) is 31.0 Å². The number of carbonyl (C=O) groups excluding carboxylic acids is 1. The fourth-order valence-corrected chi connectivity index (χ4v) is 3.40. The van der Waals surface area contributed by atoms with E-state index in [0.29, 0.717) is 6.04 Å². The summed E-state index contributed by atoms with van der Waals surface area (Å²) in [5.74, 6) is 0. The van der Waals surface area contributed by atoms with Crippen molar-refractivity contribution in [2.75, 3.05) is 31.1 Å². The van der Waals surface area contributed by atoms with Crippen LogP contribution in [-0.2, 0) is 0 Å². The number of hydrogen-bond acceptors (Lipinski definition) is 2. The highest BCUT2D eigenvalue weighted by Gasteiger charge is 2.24. The van der Waals surface area contributed by atoms with Crippen LogP contribution in [0.5, 0.6) is 0 Å². The largest absolute Gasteiger partial charge is 0.368 e. The highest BCUT2D eigenvalue weighted by atomic mass is 16.2. The fraction of sp³-hybridized carbons (Fsp3) is 0.588. The first-order valence-electron chi connectivity index (χ1n) is 8.10. The highest BCUT2D eigenvalue weighted by Crippen LogP contribution is 2.21. The minimum absolute atomic E-state index is 0.131. The summed E-state index contributed by atoms with van der Waals surface area (Å²) in [6, 6.07) is 9.02. The molecule has 4 heteroatoms. The summed E-state index contributed by atoms with van der Waals surface area (Å²) < 4.78 is 0. The molecule has 114 valence electrons. The van der Waals surface area contributed by atoms with Crippen LogP contribution in [0, 0.1) is 6.92 Å². The Labute approximate surface area is 127 Å². The predicted molar refractivity (Wildman–Crippen MR) is 85.8 cm³/mol. The van der Waals surface area contributed by atoms with Gasteiger partial charge in [-0.2, -0.15) is 0 Å². The first kappa shape index (κ1) is 14.2. The van der Waals surface area contributed by atoms with E-state index in [4.69, 9.17) is 0 Å². The Morgan fingerprint density at radius 1 is 1.10 bits per heavy atom. The summed E-state index contributed by atoms with van der Waals surface area (Å²) in [4.78, 5) is 16.6. The Kier molecular flexibility index (Phi) is 4.32. The molecule has 0 unspecified atom stereocenters. The lowest BCUT2D eigenvalue weighted by Crippen LogP contribution is -2.53. The molecule has 3 rings (SSSR count). The molecular formula is C17H25N3O. The van der Waals surface area contributed by atoms with E-state index in [1.807, 2.05) is 4.90 Å². The van der Waals surface area contributed by atoms with E-state index in [1.165, 1.54) is 24.1 Å². The maximum absolute atomic E-state index is 12.3. The summed E-state index contributed by atoms with van der Waals surface area (Å²) in [6.45, 7) is 5.61. The van der Waals surface area contributed by atoms with Crippen LogP contribution in [0.25, 0.3) is 0 Å². The average molecular weight is 287 g/mol. The first-order chi connectivity index (χ1) is 10.2. The molecule has 0 spiro atoms. The van der Waals surface area contributed by atoms with E-state index in [1.54, 1.807) is 0 Å². The van der Waals surface area contributed by atoms with Gasteiger partial charge in [0.1, 0.15) is 0 Å². The van der Waals surface area contributed by atoms with Crippen molar-refractivity contribution in [1.29, 1.82) is 0 Å². The Hall–Kier alpha value is -1.71. The van der Waals surface area contributed by atoms with E-state index < -0.39 is 0 Å². The van der Waals surface area contributed by atoms with Gasteiger partial charge in [-0.05, 0) is 31.4 Å². The zero-order valence-corrected chi connectivity index (χ0v) is 12.8. The van der Waals surface area contributed by atoms with Crippen molar-refractivity contribution in [3.05, 3.63) is 29.8 Å². The van der Waals surface area contributed by atoms with Crippen molar-refractivity contribution in [3.8, 4) is 0 Å². The lowest BCUT2D eigenvalue weighted by molar-refractivity contribution is 0.190. The van der Waals surface area contributed by atoms with Gasteiger partial charge < -0.3 is 15.1 Å². The van der Waals surface area contributed by atoms with Crippen molar-refractivity contribution in [2.24, 2.45) is 0 Å². The minimum atomic E-state index is 0.131. The quantitative estimate of drug-likeness (QED) is 0.908. The van der Waals surface area contributed by atoms with Crippen LogP contribution in [0.3, 0.4) is 0 Å². The lowest BCUT2D eigenvalue weighted by Gasteiger charge is -2.37. The van der Waals surface area contributed by atoms with Crippen LogP contribution >= 0.6 is 0 Å². The summed E-state index contributed by atoms with van der Waals surface area (Å²) in [5.41, 5.74) is 2.61. The number of carbonyl (C=O) groups is 1.